The maximum absolute atomic E-state index is 13.7. The third kappa shape index (κ3) is 2.32. The monoisotopic (exact) mass is 277 g/mol. The van der Waals surface area contributed by atoms with Gasteiger partial charge in [0.25, 0.3) is 0 Å². The molecule has 1 aromatic heterocycles. The minimum absolute atomic E-state index is 0.0313. The molecule has 6 heteroatoms. The van der Waals surface area contributed by atoms with Crippen LogP contribution in [0.4, 0.5) is 4.39 Å². The fourth-order valence-corrected chi connectivity index (χ4v) is 2.15. The van der Waals surface area contributed by atoms with Gasteiger partial charge in [-0.15, -0.1) is 0 Å². The molecule has 0 aliphatic heterocycles. The zero-order valence-corrected chi connectivity index (χ0v) is 10.6. The molecule has 1 heterocycles. The molecule has 1 aliphatic rings. The third-order valence-electron chi connectivity index (χ3n) is 3.14. The fraction of sp³-hybridized carbons (Fsp3) is 0.308. The summed E-state index contributed by atoms with van der Waals surface area (Å²) < 4.78 is 18.8. The van der Waals surface area contributed by atoms with Gasteiger partial charge in [-0.3, -0.25) is 0 Å². The SMILES string of the molecule is N#CC1CC1c1nc(Cc2cccc(Cl)c2F)no1. The normalized spacial score (nSPS) is 21.1. The molecule has 19 heavy (non-hydrogen) atoms. The molecule has 0 N–H and O–H groups in total. The average molecular weight is 278 g/mol. The molecule has 1 aliphatic carbocycles. The van der Waals surface area contributed by atoms with Gasteiger partial charge in [-0.25, -0.2) is 4.39 Å². The van der Waals surface area contributed by atoms with E-state index in [-0.39, 0.29) is 23.3 Å². The third-order valence-corrected chi connectivity index (χ3v) is 3.43. The molecule has 1 fully saturated rings. The Morgan fingerprint density at radius 3 is 3.11 bits per heavy atom. The first-order valence-electron chi connectivity index (χ1n) is 5.84. The fourth-order valence-electron chi connectivity index (χ4n) is 1.96. The standard InChI is InChI=1S/C13H9ClFN3O/c14-10-3-1-2-7(12(10)15)5-11-17-13(19-18-11)9-4-8(9)6-16/h1-3,8-9H,4-5H2. The summed E-state index contributed by atoms with van der Waals surface area (Å²) in [5.74, 6) is 0.409. The van der Waals surface area contributed by atoms with Crippen molar-refractivity contribution in [3.05, 3.63) is 46.3 Å². The van der Waals surface area contributed by atoms with Crippen molar-refractivity contribution in [3.63, 3.8) is 0 Å². The minimum Gasteiger partial charge on any atom is -0.339 e. The molecule has 1 aromatic carbocycles. The highest BCUT2D eigenvalue weighted by molar-refractivity contribution is 6.30. The van der Waals surface area contributed by atoms with Crippen molar-refractivity contribution in [1.82, 2.24) is 10.1 Å². The molecule has 2 unspecified atom stereocenters. The molecule has 1 saturated carbocycles. The first-order chi connectivity index (χ1) is 9.19. The molecule has 2 atom stereocenters. The van der Waals surface area contributed by atoms with Gasteiger partial charge in [0, 0.05) is 6.42 Å². The molecule has 0 saturated heterocycles. The van der Waals surface area contributed by atoms with Crippen LogP contribution in [0, 0.1) is 23.1 Å². The Bertz CT molecular complexity index is 664. The Balaban J connectivity index is 1.78. The van der Waals surface area contributed by atoms with Gasteiger partial charge in [0.15, 0.2) is 5.82 Å². The topological polar surface area (TPSA) is 62.7 Å². The summed E-state index contributed by atoms with van der Waals surface area (Å²) in [6.45, 7) is 0. The molecule has 2 aromatic rings. The maximum Gasteiger partial charge on any atom is 0.231 e. The van der Waals surface area contributed by atoms with Crippen LogP contribution in [0.3, 0.4) is 0 Å². The van der Waals surface area contributed by atoms with Gasteiger partial charge in [0.2, 0.25) is 5.89 Å². The van der Waals surface area contributed by atoms with E-state index in [1.807, 2.05) is 0 Å². The van der Waals surface area contributed by atoms with Gasteiger partial charge in [-0.1, -0.05) is 28.9 Å². The molecule has 4 nitrogen and oxygen atoms in total. The first-order valence-corrected chi connectivity index (χ1v) is 6.22. The van der Waals surface area contributed by atoms with Crippen molar-refractivity contribution in [1.29, 1.82) is 5.26 Å². The molecule has 0 amide bonds. The second-order valence-corrected chi connectivity index (χ2v) is 4.92. The molecule has 0 radical (unpaired) electrons. The van der Waals surface area contributed by atoms with Crippen LogP contribution in [0.1, 0.15) is 29.6 Å². The summed E-state index contributed by atoms with van der Waals surface area (Å²) in [7, 11) is 0. The van der Waals surface area contributed by atoms with E-state index in [1.165, 1.54) is 6.07 Å². The van der Waals surface area contributed by atoms with Gasteiger partial charge in [0.1, 0.15) is 5.82 Å². The van der Waals surface area contributed by atoms with Crippen molar-refractivity contribution >= 4 is 11.6 Å². The second kappa shape index (κ2) is 4.63. The predicted octanol–water partition coefficient (Wildman–Crippen LogP) is 3.08. The lowest BCUT2D eigenvalue weighted by Crippen LogP contribution is -1.95. The Morgan fingerprint density at radius 2 is 2.37 bits per heavy atom. The number of hydrogen-bond acceptors (Lipinski definition) is 4. The van der Waals surface area contributed by atoms with Crippen LogP contribution in [0.15, 0.2) is 22.7 Å². The van der Waals surface area contributed by atoms with Crippen LogP contribution >= 0.6 is 11.6 Å². The van der Waals surface area contributed by atoms with Gasteiger partial charge in [-0.05, 0) is 18.1 Å². The lowest BCUT2D eigenvalue weighted by Gasteiger charge is -2.00. The number of rotatable bonds is 3. The predicted molar refractivity (Wildman–Crippen MR) is 65.0 cm³/mol. The zero-order valence-electron chi connectivity index (χ0n) is 9.81. The largest absolute Gasteiger partial charge is 0.339 e. The highest BCUT2D eigenvalue weighted by atomic mass is 35.5. The molecule has 96 valence electrons. The Hall–Kier alpha value is -1.93. The summed E-state index contributed by atoms with van der Waals surface area (Å²) in [4.78, 5) is 4.20. The van der Waals surface area contributed by atoms with Gasteiger partial charge in [-0.2, -0.15) is 10.2 Å². The number of benzene rings is 1. The number of halogens is 2. The Kier molecular flexibility index (Phi) is 2.96. The average Bonchev–Trinajstić information content (AvgIpc) is 3.06. The van der Waals surface area contributed by atoms with E-state index in [1.54, 1.807) is 12.1 Å². The summed E-state index contributed by atoms with van der Waals surface area (Å²) in [6, 6.07) is 6.95. The number of nitrogens with zero attached hydrogens (tertiary/aromatic N) is 3. The van der Waals surface area contributed by atoms with E-state index in [0.29, 0.717) is 17.3 Å². The number of nitriles is 1. The van der Waals surface area contributed by atoms with Gasteiger partial charge >= 0.3 is 0 Å². The highest BCUT2D eigenvalue weighted by Crippen LogP contribution is 2.46. The van der Waals surface area contributed by atoms with Crippen molar-refractivity contribution < 1.29 is 8.91 Å². The quantitative estimate of drug-likeness (QED) is 0.865. The second-order valence-electron chi connectivity index (χ2n) is 4.52. The number of aromatic nitrogens is 2. The summed E-state index contributed by atoms with van der Waals surface area (Å²) in [6.07, 6.45) is 0.976. The molecular formula is C13H9ClFN3O. The van der Waals surface area contributed by atoms with E-state index in [2.05, 4.69) is 16.2 Å². The van der Waals surface area contributed by atoms with Crippen molar-refractivity contribution in [3.8, 4) is 6.07 Å². The van der Waals surface area contributed by atoms with E-state index < -0.39 is 5.82 Å². The summed E-state index contributed by atoms with van der Waals surface area (Å²) in [5, 5.41) is 12.6. The molecule has 0 spiro atoms. The molecule has 0 bridgehead atoms. The smallest absolute Gasteiger partial charge is 0.231 e. The van der Waals surface area contributed by atoms with E-state index >= 15 is 0 Å². The van der Waals surface area contributed by atoms with Crippen molar-refractivity contribution in [2.75, 3.05) is 0 Å². The van der Waals surface area contributed by atoms with Gasteiger partial charge < -0.3 is 4.52 Å². The van der Waals surface area contributed by atoms with Crippen LogP contribution < -0.4 is 0 Å². The summed E-state index contributed by atoms with van der Waals surface area (Å²) >= 11 is 5.71. The van der Waals surface area contributed by atoms with Crippen molar-refractivity contribution in [2.45, 2.75) is 18.8 Å². The summed E-state index contributed by atoms with van der Waals surface area (Å²) in [5.41, 5.74) is 0.424. The molecule has 3 rings (SSSR count). The van der Waals surface area contributed by atoms with Crippen molar-refractivity contribution in [2.24, 2.45) is 5.92 Å². The van der Waals surface area contributed by atoms with E-state index in [9.17, 15) is 4.39 Å². The number of hydrogen-bond donors (Lipinski definition) is 0. The van der Waals surface area contributed by atoms with Crippen LogP contribution in [-0.2, 0) is 6.42 Å². The van der Waals surface area contributed by atoms with E-state index in [0.717, 1.165) is 6.42 Å². The van der Waals surface area contributed by atoms with Gasteiger partial charge in [0.05, 0.1) is 22.9 Å². The Labute approximate surface area is 113 Å². The lowest BCUT2D eigenvalue weighted by atomic mass is 10.1. The lowest BCUT2D eigenvalue weighted by molar-refractivity contribution is 0.373. The van der Waals surface area contributed by atoms with Crippen LogP contribution in [0.5, 0.6) is 0 Å². The highest BCUT2D eigenvalue weighted by Gasteiger charge is 2.43. The molecular weight excluding hydrogens is 269 g/mol. The minimum atomic E-state index is -0.461. The zero-order chi connectivity index (χ0) is 13.4. The maximum atomic E-state index is 13.7. The van der Waals surface area contributed by atoms with Crippen LogP contribution in [-0.4, -0.2) is 10.1 Å². The first kappa shape index (κ1) is 12.1. The van der Waals surface area contributed by atoms with E-state index in [4.69, 9.17) is 21.4 Å². The Morgan fingerprint density at radius 1 is 1.53 bits per heavy atom. The van der Waals surface area contributed by atoms with Crippen LogP contribution in [0.2, 0.25) is 5.02 Å². The van der Waals surface area contributed by atoms with Crippen LogP contribution in [0.25, 0.3) is 0 Å².